The molecule has 10 atom stereocenters. The van der Waals surface area contributed by atoms with E-state index in [0.29, 0.717) is 25.7 Å². The first kappa shape index (κ1) is 64.9. The number of hydrogen-bond donors (Lipinski definition) is 6. The lowest BCUT2D eigenvalue weighted by Gasteiger charge is -2.42. The second kappa shape index (κ2) is 29.2. The number of piperidine rings is 1. The summed E-state index contributed by atoms with van der Waals surface area (Å²) in [5, 5.41) is 23.9. The number of carbonyl (C=O) groups is 9. The molecule has 0 radical (unpaired) electrons. The molecule has 3 aromatic rings. The van der Waals surface area contributed by atoms with Gasteiger partial charge in [0.15, 0.2) is 0 Å². The van der Waals surface area contributed by atoms with E-state index in [9.17, 15) is 43.5 Å². The average Bonchev–Trinajstić information content (AvgIpc) is 3.92. The van der Waals surface area contributed by atoms with Crippen molar-refractivity contribution >= 4 is 64.1 Å². The zero-order valence-corrected chi connectivity index (χ0v) is 50.2. The summed E-state index contributed by atoms with van der Waals surface area (Å²) in [7, 11) is 7.51. The Morgan fingerprint density at radius 1 is 0.630 bits per heavy atom. The molecule has 1 aromatic heterocycles. The van der Waals surface area contributed by atoms with Crippen molar-refractivity contribution in [1.82, 2.24) is 55.7 Å². The van der Waals surface area contributed by atoms with Crippen LogP contribution in [0.15, 0.2) is 60.8 Å². The van der Waals surface area contributed by atoms with Crippen molar-refractivity contribution in [2.75, 3.05) is 54.9 Å². The van der Waals surface area contributed by atoms with Crippen LogP contribution in [0, 0.1) is 17.8 Å². The summed E-state index contributed by atoms with van der Waals surface area (Å²) in [6.45, 7) is 15.2. The Morgan fingerprint density at radius 2 is 1.27 bits per heavy atom. The molecule has 2 aromatic carbocycles. The SMILES string of the molecule is CC(C)CC1NC(C)C(Cc2ccccc2)N(C)C(=O)C(C)NC(=O)C(C(C)C)N(C)C(=O)CCNC(=O)C(C)N(C)C(=O)C(C(C)C)NC(=O)C(Cc2c[nH]c3ccccc23)N(C)C(=O)C2CCCCN2C(=O)C(CO)N(C)C1=O. The van der Waals surface area contributed by atoms with E-state index in [1.807, 2.05) is 75.4 Å². The third kappa shape index (κ3) is 16.0. The van der Waals surface area contributed by atoms with Crippen molar-refractivity contribution in [3.63, 3.8) is 0 Å². The fourth-order valence-electron chi connectivity index (χ4n) is 11.2. The van der Waals surface area contributed by atoms with Gasteiger partial charge in [0.25, 0.3) is 0 Å². The molecule has 3 heterocycles. The first-order valence-corrected chi connectivity index (χ1v) is 28.7. The number of aliphatic hydroxyl groups is 1. The fraction of sp³-hybridized carbons (Fsp3) is 0.617. The molecule has 0 bridgehead atoms. The van der Waals surface area contributed by atoms with Crippen LogP contribution in [-0.2, 0) is 56.0 Å². The Morgan fingerprint density at radius 3 is 1.90 bits per heavy atom. The third-order valence-electron chi connectivity index (χ3n) is 16.3. The molecule has 0 spiro atoms. The van der Waals surface area contributed by atoms with Gasteiger partial charge in [0, 0.05) is 84.3 Å². The van der Waals surface area contributed by atoms with Gasteiger partial charge in [-0.05, 0) is 87.8 Å². The minimum atomic E-state index is -1.41. The highest BCUT2D eigenvalue weighted by Gasteiger charge is 2.44. The molecular formula is C60H91N11O10. The minimum absolute atomic E-state index is 0.0112. The van der Waals surface area contributed by atoms with Crippen LogP contribution in [0.4, 0.5) is 0 Å². The first-order chi connectivity index (χ1) is 38.2. The van der Waals surface area contributed by atoms with Crippen LogP contribution in [0.1, 0.15) is 106 Å². The Balaban J connectivity index is 1.58. The zero-order chi connectivity index (χ0) is 60.2. The maximum Gasteiger partial charge on any atom is 0.248 e. The number of H-pyrrole nitrogens is 1. The van der Waals surface area contributed by atoms with E-state index in [1.165, 1.54) is 59.6 Å². The van der Waals surface area contributed by atoms with Crippen LogP contribution in [0.2, 0.25) is 0 Å². The van der Waals surface area contributed by atoms with Crippen molar-refractivity contribution < 1.29 is 48.3 Å². The molecule has 2 aliphatic rings. The molecular weight excluding hydrogens is 1030 g/mol. The third-order valence-corrected chi connectivity index (χ3v) is 16.3. The molecule has 2 fully saturated rings. The van der Waals surface area contributed by atoms with Crippen molar-refractivity contribution in [2.24, 2.45) is 17.8 Å². The van der Waals surface area contributed by atoms with Gasteiger partial charge in [-0.15, -0.1) is 0 Å². The molecule has 2 aliphatic heterocycles. The molecule has 6 N–H and O–H groups in total. The average molecular weight is 1130 g/mol. The van der Waals surface area contributed by atoms with Crippen molar-refractivity contribution in [1.29, 1.82) is 0 Å². The minimum Gasteiger partial charge on any atom is -0.394 e. The summed E-state index contributed by atoms with van der Waals surface area (Å²) < 4.78 is 0. The maximum absolute atomic E-state index is 15.1. The lowest BCUT2D eigenvalue weighted by molar-refractivity contribution is -0.156. The molecule has 2 saturated heterocycles. The molecule has 10 unspecified atom stereocenters. The Bertz CT molecular complexity index is 2680. The number of hydrogen-bond acceptors (Lipinski definition) is 11. The molecule has 9 amide bonds. The predicted molar refractivity (Wildman–Crippen MR) is 310 cm³/mol. The van der Waals surface area contributed by atoms with Crippen molar-refractivity contribution in [3.8, 4) is 0 Å². The van der Waals surface area contributed by atoms with Crippen LogP contribution in [-0.4, -0.2) is 208 Å². The number of amides is 9. The highest BCUT2D eigenvalue weighted by Crippen LogP contribution is 2.26. The second-order valence-electron chi connectivity index (χ2n) is 23.4. The van der Waals surface area contributed by atoms with Gasteiger partial charge in [-0.25, -0.2) is 0 Å². The van der Waals surface area contributed by atoms with Gasteiger partial charge < -0.3 is 60.8 Å². The van der Waals surface area contributed by atoms with E-state index in [-0.39, 0.29) is 38.3 Å². The van der Waals surface area contributed by atoms with Crippen LogP contribution in [0.3, 0.4) is 0 Å². The number of aliphatic hydroxyl groups excluding tert-OH is 1. The number of fused-ring (bicyclic) bond motifs is 2. The van der Waals surface area contributed by atoms with Crippen molar-refractivity contribution in [2.45, 2.75) is 168 Å². The van der Waals surface area contributed by atoms with E-state index in [0.717, 1.165) is 22.0 Å². The number of para-hydroxylation sites is 1. The molecule has 5 rings (SSSR count). The Labute approximate surface area is 478 Å². The number of benzene rings is 2. The lowest BCUT2D eigenvalue weighted by Crippen LogP contribution is -2.63. The van der Waals surface area contributed by atoms with Gasteiger partial charge in [0.2, 0.25) is 53.2 Å². The molecule has 21 heteroatoms. The van der Waals surface area contributed by atoms with Crippen LogP contribution < -0.4 is 21.3 Å². The van der Waals surface area contributed by atoms with E-state index in [4.69, 9.17) is 0 Å². The van der Waals surface area contributed by atoms with E-state index in [2.05, 4.69) is 26.3 Å². The highest BCUT2D eigenvalue weighted by atomic mass is 16.3. The summed E-state index contributed by atoms with van der Waals surface area (Å²) in [5.41, 5.74) is 2.43. The predicted octanol–water partition coefficient (Wildman–Crippen LogP) is 2.70. The maximum atomic E-state index is 15.1. The Kier molecular flexibility index (Phi) is 23.4. The molecule has 0 aliphatic carbocycles. The van der Waals surface area contributed by atoms with E-state index >= 15 is 4.79 Å². The van der Waals surface area contributed by atoms with Gasteiger partial charge in [0.1, 0.15) is 42.3 Å². The number of carbonyl (C=O) groups excluding carboxylic acids is 9. The van der Waals surface area contributed by atoms with E-state index in [1.54, 1.807) is 52.8 Å². The van der Waals surface area contributed by atoms with Gasteiger partial charge in [-0.3, -0.25) is 43.2 Å². The summed E-state index contributed by atoms with van der Waals surface area (Å²) >= 11 is 0. The summed E-state index contributed by atoms with van der Waals surface area (Å²) in [5.74, 6) is -5.85. The smallest absolute Gasteiger partial charge is 0.248 e. The number of aromatic nitrogens is 1. The lowest BCUT2D eigenvalue weighted by atomic mass is 9.95. The fourth-order valence-corrected chi connectivity index (χ4v) is 11.2. The van der Waals surface area contributed by atoms with Crippen LogP contribution in [0.25, 0.3) is 10.9 Å². The number of nitrogens with one attached hydrogen (secondary N) is 5. The molecule has 0 saturated carbocycles. The quantitative estimate of drug-likeness (QED) is 0.182. The molecule has 446 valence electrons. The zero-order valence-electron chi connectivity index (χ0n) is 50.2. The molecule has 21 nitrogen and oxygen atoms in total. The first-order valence-electron chi connectivity index (χ1n) is 28.7. The monoisotopic (exact) mass is 1130 g/mol. The van der Waals surface area contributed by atoms with Crippen molar-refractivity contribution in [3.05, 3.63) is 71.9 Å². The highest BCUT2D eigenvalue weighted by molar-refractivity contribution is 5.98. The summed E-state index contributed by atoms with van der Waals surface area (Å²) in [6.07, 6.45) is 3.60. The molecule has 81 heavy (non-hydrogen) atoms. The van der Waals surface area contributed by atoms with Gasteiger partial charge >= 0.3 is 0 Å². The van der Waals surface area contributed by atoms with Gasteiger partial charge in [-0.1, -0.05) is 90.1 Å². The van der Waals surface area contributed by atoms with E-state index < -0.39 is 132 Å². The summed E-state index contributed by atoms with van der Waals surface area (Å²) in [4.78, 5) is 142. The van der Waals surface area contributed by atoms with Crippen LogP contribution >= 0.6 is 0 Å². The number of rotatable bonds is 9. The van der Waals surface area contributed by atoms with Crippen LogP contribution in [0.5, 0.6) is 0 Å². The summed E-state index contributed by atoms with van der Waals surface area (Å²) in [6, 6.07) is 6.97. The number of nitrogens with zero attached hydrogens (tertiary/aromatic N) is 6. The Hall–Kier alpha value is -6.87. The largest absolute Gasteiger partial charge is 0.394 e. The van der Waals surface area contributed by atoms with Gasteiger partial charge in [-0.2, -0.15) is 0 Å². The second-order valence-corrected chi connectivity index (χ2v) is 23.4. The normalized spacial score (nSPS) is 27.0. The number of aromatic amines is 1. The van der Waals surface area contributed by atoms with Gasteiger partial charge in [0.05, 0.1) is 18.7 Å². The topological polar surface area (TPSA) is 257 Å². The standard InChI is InChI=1S/C60H91N11O10/c1-35(2)30-45-57(78)69(13)49(34-72)59(80)71-29-21-20-26-46(71)58(79)68(12)48(32-42-33-62-44-25-19-18-24-43(42)44)54(75)65-51(36(3)4)60(81)66(10)40(9)53(74)61-28-27-50(73)70(14)52(37(5)6)55(76)64-39(8)56(77)67(11)47(38(7)63-45)31-41-22-16-15-17-23-41/h15-19,22-25,33,35-40,45-49,51-52,62-63,72H,20-21,26-32,34H2,1-14H3,(H,61,74)(H,64,76)(H,65,75). The number of likely N-dealkylation sites (N-methyl/N-ethyl adjacent to an activating group) is 5.